The van der Waals surface area contributed by atoms with Gasteiger partial charge in [0.15, 0.2) is 0 Å². The molecule has 2 N–H and O–H groups in total. The average molecular weight is 268 g/mol. The molecule has 0 atom stereocenters. The van der Waals surface area contributed by atoms with Crippen LogP contribution in [0.5, 0.6) is 11.5 Å². The summed E-state index contributed by atoms with van der Waals surface area (Å²) in [5, 5.41) is 17.6. The fourth-order valence-corrected chi connectivity index (χ4v) is 1.53. The molecule has 0 fully saturated rings. The van der Waals surface area contributed by atoms with Crippen molar-refractivity contribution in [3.05, 3.63) is 53.8 Å². The topological polar surface area (TPSA) is 49.7 Å². The lowest BCUT2D eigenvalue weighted by molar-refractivity contribution is 0.418. The van der Waals surface area contributed by atoms with Gasteiger partial charge in [-0.1, -0.05) is 6.07 Å². The smallest absolute Gasteiger partial charge is 0.457 e. The zero-order chi connectivity index (χ0) is 14.0. The molecule has 19 heavy (non-hydrogen) atoms. The Morgan fingerprint density at radius 2 is 1.53 bits per heavy atom. The lowest BCUT2D eigenvalue weighted by atomic mass is 9.79. The second-order valence-corrected chi connectivity index (χ2v) is 3.73. The largest absolute Gasteiger partial charge is 0.494 e. The molecular formula is C12H8BF3O3. The van der Waals surface area contributed by atoms with Gasteiger partial charge in [0.25, 0.3) is 0 Å². The first kappa shape index (κ1) is 13.4. The normalized spacial score (nSPS) is 10.4. The minimum Gasteiger partial charge on any atom is -0.457 e. The van der Waals surface area contributed by atoms with Gasteiger partial charge >= 0.3 is 7.12 Å². The quantitative estimate of drug-likeness (QED) is 0.831. The molecule has 0 aliphatic carbocycles. The summed E-state index contributed by atoms with van der Waals surface area (Å²) in [6, 6.07) is 6.59. The lowest BCUT2D eigenvalue weighted by Gasteiger charge is -2.09. The summed E-state index contributed by atoms with van der Waals surface area (Å²) in [6.07, 6.45) is 0. The standard InChI is InChI=1S/C12H8BF3O3/c14-7-2-1-3-8(4-7)19-9-5-10(15)12(13(17)18)11(16)6-9/h1-6,17-18H. The first-order chi connectivity index (χ1) is 8.97. The zero-order valence-corrected chi connectivity index (χ0v) is 9.48. The van der Waals surface area contributed by atoms with E-state index in [1.807, 2.05) is 0 Å². The molecule has 0 bridgehead atoms. The Balaban J connectivity index is 2.32. The van der Waals surface area contributed by atoms with E-state index in [1.165, 1.54) is 18.2 Å². The van der Waals surface area contributed by atoms with Gasteiger partial charge < -0.3 is 14.8 Å². The van der Waals surface area contributed by atoms with Crippen LogP contribution in [0.3, 0.4) is 0 Å². The SMILES string of the molecule is OB(O)c1c(F)cc(Oc2cccc(F)c2)cc1F. The average Bonchev–Trinajstić information content (AvgIpc) is 2.27. The minimum atomic E-state index is -2.26. The van der Waals surface area contributed by atoms with E-state index < -0.39 is 30.0 Å². The number of halogens is 3. The van der Waals surface area contributed by atoms with Crippen molar-refractivity contribution in [3.63, 3.8) is 0 Å². The molecule has 0 unspecified atom stereocenters. The van der Waals surface area contributed by atoms with Crippen LogP contribution in [0.1, 0.15) is 0 Å². The second-order valence-electron chi connectivity index (χ2n) is 3.73. The van der Waals surface area contributed by atoms with Gasteiger partial charge in [0.1, 0.15) is 29.0 Å². The van der Waals surface area contributed by atoms with E-state index in [0.29, 0.717) is 0 Å². The van der Waals surface area contributed by atoms with Crippen LogP contribution >= 0.6 is 0 Å². The van der Waals surface area contributed by atoms with Gasteiger partial charge in [-0.2, -0.15) is 0 Å². The first-order valence-electron chi connectivity index (χ1n) is 5.26. The van der Waals surface area contributed by atoms with Crippen molar-refractivity contribution >= 4 is 12.6 Å². The van der Waals surface area contributed by atoms with E-state index in [4.69, 9.17) is 14.8 Å². The number of hydrogen-bond donors (Lipinski definition) is 2. The van der Waals surface area contributed by atoms with Gasteiger partial charge in [-0.3, -0.25) is 0 Å². The third kappa shape index (κ3) is 3.07. The van der Waals surface area contributed by atoms with Crippen LogP contribution in [0.2, 0.25) is 0 Å². The third-order valence-electron chi connectivity index (χ3n) is 2.34. The second kappa shape index (κ2) is 5.33. The van der Waals surface area contributed by atoms with Crippen molar-refractivity contribution in [1.82, 2.24) is 0 Å². The molecule has 2 aromatic carbocycles. The Labute approximate surface area is 107 Å². The van der Waals surface area contributed by atoms with Crippen molar-refractivity contribution in [2.45, 2.75) is 0 Å². The summed E-state index contributed by atoms with van der Waals surface area (Å²) in [6.45, 7) is 0. The van der Waals surface area contributed by atoms with E-state index in [9.17, 15) is 13.2 Å². The summed E-state index contributed by atoms with van der Waals surface area (Å²) in [4.78, 5) is 0. The van der Waals surface area contributed by atoms with Crippen LogP contribution in [-0.4, -0.2) is 17.2 Å². The molecule has 0 aliphatic heterocycles. The van der Waals surface area contributed by atoms with E-state index >= 15 is 0 Å². The van der Waals surface area contributed by atoms with Crippen LogP contribution in [0.25, 0.3) is 0 Å². The summed E-state index contributed by atoms with van der Waals surface area (Å²) in [5.74, 6) is -3.04. The van der Waals surface area contributed by atoms with E-state index in [0.717, 1.165) is 18.2 Å². The van der Waals surface area contributed by atoms with Gasteiger partial charge in [0, 0.05) is 18.2 Å². The molecule has 0 aromatic heterocycles. The van der Waals surface area contributed by atoms with Crippen LogP contribution < -0.4 is 10.2 Å². The Hall–Kier alpha value is -1.99. The Bertz CT molecular complexity index is 582. The molecule has 0 spiro atoms. The molecule has 0 heterocycles. The molecule has 0 saturated carbocycles. The van der Waals surface area contributed by atoms with Gasteiger partial charge in [-0.05, 0) is 12.1 Å². The van der Waals surface area contributed by atoms with Crippen molar-refractivity contribution in [2.24, 2.45) is 0 Å². The van der Waals surface area contributed by atoms with Crippen molar-refractivity contribution in [1.29, 1.82) is 0 Å². The van der Waals surface area contributed by atoms with Gasteiger partial charge in [0.2, 0.25) is 0 Å². The predicted octanol–water partition coefficient (Wildman–Crippen LogP) is 1.58. The van der Waals surface area contributed by atoms with E-state index in [2.05, 4.69) is 0 Å². The van der Waals surface area contributed by atoms with Gasteiger partial charge in [0.05, 0.1) is 5.46 Å². The molecule has 98 valence electrons. The highest BCUT2D eigenvalue weighted by Crippen LogP contribution is 2.23. The number of benzene rings is 2. The predicted molar refractivity (Wildman–Crippen MR) is 62.7 cm³/mol. The molecule has 2 rings (SSSR count). The van der Waals surface area contributed by atoms with Crippen LogP contribution in [0, 0.1) is 17.5 Å². The number of ether oxygens (including phenoxy) is 1. The van der Waals surface area contributed by atoms with E-state index in [-0.39, 0.29) is 11.5 Å². The van der Waals surface area contributed by atoms with Crippen LogP contribution in [0.4, 0.5) is 13.2 Å². The fourth-order valence-electron chi connectivity index (χ4n) is 1.53. The molecule has 0 radical (unpaired) electrons. The highest BCUT2D eigenvalue weighted by molar-refractivity contribution is 6.58. The first-order valence-corrected chi connectivity index (χ1v) is 5.26. The molecule has 7 heteroatoms. The van der Waals surface area contributed by atoms with Crippen molar-refractivity contribution in [2.75, 3.05) is 0 Å². The maximum Gasteiger partial charge on any atom is 0.494 e. The molecule has 3 nitrogen and oxygen atoms in total. The maximum absolute atomic E-state index is 13.4. The minimum absolute atomic E-state index is 0.0658. The summed E-state index contributed by atoms with van der Waals surface area (Å²) < 4.78 is 44.8. The highest BCUT2D eigenvalue weighted by atomic mass is 19.1. The maximum atomic E-state index is 13.4. The Morgan fingerprint density at radius 3 is 2.05 bits per heavy atom. The summed E-state index contributed by atoms with van der Waals surface area (Å²) in [7, 11) is -2.26. The van der Waals surface area contributed by atoms with E-state index in [1.54, 1.807) is 0 Å². The van der Waals surface area contributed by atoms with Gasteiger partial charge in [-0.25, -0.2) is 13.2 Å². The van der Waals surface area contributed by atoms with Crippen molar-refractivity contribution < 1.29 is 28.0 Å². The molecule has 2 aromatic rings. The fraction of sp³-hybridized carbons (Fsp3) is 0. The zero-order valence-electron chi connectivity index (χ0n) is 9.48. The molecule has 0 aliphatic rings. The van der Waals surface area contributed by atoms with Crippen molar-refractivity contribution in [3.8, 4) is 11.5 Å². The number of rotatable bonds is 3. The highest BCUT2D eigenvalue weighted by Gasteiger charge is 2.23. The number of hydrogen-bond acceptors (Lipinski definition) is 3. The third-order valence-corrected chi connectivity index (χ3v) is 2.34. The summed E-state index contributed by atoms with van der Waals surface area (Å²) in [5.41, 5.74) is -0.869. The van der Waals surface area contributed by atoms with Crippen LogP contribution in [-0.2, 0) is 0 Å². The lowest BCUT2D eigenvalue weighted by Crippen LogP contribution is -2.35. The molecule has 0 saturated heterocycles. The summed E-state index contributed by atoms with van der Waals surface area (Å²) >= 11 is 0. The Kier molecular flexibility index (Phi) is 3.78. The molecule has 0 amide bonds. The molecular weight excluding hydrogens is 260 g/mol. The monoisotopic (exact) mass is 268 g/mol. The Morgan fingerprint density at radius 1 is 0.895 bits per heavy atom. The van der Waals surface area contributed by atoms with Gasteiger partial charge in [-0.15, -0.1) is 0 Å². The van der Waals surface area contributed by atoms with Crippen LogP contribution in [0.15, 0.2) is 36.4 Å².